The van der Waals surface area contributed by atoms with E-state index in [1.54, 1.807) is 0 Å². The van der Waals surface area contributed by atoms with Crippen LogP contribution >= 0.6 is 0 Å². The van der Waals surface area contributed by atoms with E-state index in [0.29, 0.717) is 6.92 Å². The van der Waals surface area contributed by atoms with Crippen LogP contribution in [0.3, 0.4) is 0 Å². The van der Waals surface area contributed by atoms with Crippen LogP contribution in [0.25, 0.3) is 0 Å². The first-order valence-electron chi connectivity index (χ1n) is 4.57. The van der Waals surface area contributed by atoms with Crippen molar-refractivity contribution in [3.8, 4) is 0 Å². The van der Waals surface area contributed by atoms with E-state index in [4.69, 9.17) is 1.37 Å². The molecule has 1 atom stereocenters. The van der Waals surface area contributed by atoms with Crippen LogP contribution in [0.1, 0.15) is 8.29 Å². The number of sulfonamides is 1. The van der Waals surface area contributed by atoms with Crippen molar-refractivity contribution in [3.63, 3.8) is 0 Å². The van der Waals surface area contributed by atoms with E-state index in [1.165, 1.54) is 17.0 Å². The Balaban J connectivity index is 3.04. The summed E-state index contributed by atoms with van der Waals surface area (Å²) in [6, 6.07) is -0.938. The summed E-state index contributed by atoms with van der Waals surface area (Å²) in [5, 5.41) is 0. The summed E-state index contributed by atoms with van der Waals surface area (Å²) in [4.78, 5) is 3.05. The Labute approximate surface area is 92.0 Å². The zero-order chi connectivity index (χ0) is 13.3. The molecule has 0 unspecified atom stereocenters. The van der Waals surface area contributed by atoms with Crippen LogP contribution in [-0.2, 0) is 10.0 Å². The molecule has 8 heteroatoms. The van der Waals surface area contributed by atoms with Gasteiger partial charge >= 0.3 is 6.18 Å². The maximum atomic E-state index is 12.3. The number of rotatable bonds is 3. The van der Waals surface area contributed by atoms with Gasteiger partial charge in [0.1, 0.15) is 10.9 Å². The summed E-state index contributed by atoms with van der Waals surface area (Å²) in [5.41, 5.74) is 0. The zero-order valence-electron chi connectivity index (χ0n) is 9.12. The predicted octanol–water partition coefficient (Wildman–Crippen LogP) is 1.31. The van der Waals surface area contributed by atoms with Gasteiger partial charge in [-0.15, -0.1) is 0 Å². The SMILES string of the molecule is [2H][C@@](C)(NS(=O)(=O)c1cccnc1)C(F)(F)F. The summed E-state index contributed by atoms with van der Waals surface area (Å²) in [5.74, 6) is 0. The Morgan fingerprint density at radius 3 is 2.62 bits per heavy atom. The quantitative estimate of drug-likeness (QED) is 0.886. The average Bonchev–Trinajstić information content (AvgIpc) is 2.15. The highest BCUT2D eigenvalue weighted by Crippen LogP contribution is 2.21. The van der Waals surface area contributed by atoms with E-state index < -0.39 is 27.1 Å². The van der Waals surface area contributed by atoms with Crippen molar-refractivity contribution in [2.45, 2.75) is 24.0 Å². The Morgan fingerprint density at radius 2 is 2.19 bits per heavy atom. The lowest BCUT2D eigenvalue weighted by atomic mass is 10.4. The highest BCUT2D eigenvalue weighted by Gasteiger charge is 2.38. The normalized spacial score (nSPS) is 17.6. The summed E-state index contributed by atoms with van der Waals surface area (Å²) in [6.07, 6.45) is -2.83. The molecule has 90 valence electrons. The number of pyridine rings is 1. The van der Waals surface area contributed by atoms with Crippen LogP contribution in [0.15, 0.2) is 29.4 Å². The van der Waals surface area contributed by atoms with Gasteiger partial charge in [0.2, 0.25) is 10.0 Å². The van der Waals surface area contributed by atoms with Crippen LogP contribution in [-0.4, -0.2) is 25.6 Å². The number of nitrogens with one attached hydrogen (secondary N) is 1. The summed E-state index contributed by atoms with van der Waals surface area (Å²) >= 11 is 0. The molecule has 4 nitrogen and oxygen atoms in total. The molecule has 0 bridgehead atoms. The molecule has 0 aromatic carbocycles. The molecule has 0 aliphatic rings. The highest BCUT2D eigenvalue weighted by atomic mass is 32.2. The van der Waals surface area contributed by atoms with Crippen molar-refractivity contribution in [3.05, 3.63) is 24.5 Å². The molecule has 16 heavy (non-hydrogen) atoms. The molecule has 0 fully saturated rings. The summed E-state index contributed by atoms with van der Waals surface area (Å²) in [7, 11) is -4.42. The fourth-order valence-corrected chi connectivity index (χ4v) is 1.92. The second-order valence-electron chi connectivity index (χ2n) is 2.92. The van der Waals surface area contributed by atoms with Crippen molar-refractivity contribution in [1.82, 2.24) is 9.71 Å². The number of nitrogens with zero attached hydrogens (tertiary/aromatic N) is 1. The fourth-order valence-electron chi connectivity index (χ4n) is 0.824. The maximum absolute atomic E-state index is 12.3. The number of halogens is 3. The Hall–Kier alpha value is -1.15. The Morgan fingerprint density at radius 1 is 1.56 bits per heavy atom. The van der Waals surface area contributed by atoms with Gasteiger partial charge in [0.05, 0.1) is 1.37 Å². The Kier molecular flexibility index (Phi) is 3.10. The molecule has 0 aliphatic heterocycles. The molecule has 1 heterocycles. The van der Waals surface area contributed by atoms with E-state index in [2.05, 4.69) is 4.98 Å². The molecular formula is C8H9F3N2O2S. The third-order valence-corrected chi connectivity index (χ3v) is 3.09. The lowest BCUT2D eigenvalue weighted by Gasteiger charge is -2.16. The minimum Gasteiger partial charge on any atom is -0.263 e. The second kappa shape index (κ2) is 4.38. The third-order valence-electron chi connectivity index (χ3n) is 1.66. The minimum absolute atomic E-state index is 0.418. The summed E-state index contributed by atoms with van der Waals surface area (Å²) in [6.45, 7) is 0.418. The van der Waals surface area contributed by atoms with Gasteiger partial charge in [-0.1, -0.05) is 0 Å². The molecule has 0 spiro atoms. The monoisotopic (exact) mass is 255 g/mol. The molecule has 1 aromatic rings. The minimum atomic E-state index is -5.01. The number of hydrogen-bond acceptors (Lipinski definition) is 3. The van der Waals surface area contributed by atoms with E-state index in [0.717, 1.165) is 12.3 Å². The van der Waals surface area contributed by atoms with Crippen LogP contribution < -0.4 is 4.72 Å². The van der Waals surface area contributed by atoms with Crippen molar-refractivity contribution in [2.24, 2.45) is 0 Å². The average molecular weight is 255 g/mol. The molecular weight excluding hydrogens is 245 g/mol. The van der Waals surface area contributed by atoms with Gasteiger partial charge in [-0.05, 0) is 19.1 Å². The first kappa shape index (κ1) is 11.3. The lowest BCUT2D eigenvalue weighted by Crippen LogP contribution is -2.42. The smallest absolute Gasteiger partial charge is 0.263 e. The molecule has 1 rings (SSSR count). The van der Waals surface area contributed by atoms with Crippen molar-refractivity contribution < 1.29 is 23.0 Å². The van der Waals surface area contributed by atoms with Gasteiger partial charge in [-0.2, -0.15) is 17.9 Å². The standard InChI is InChI=1S/C8H9F3N2O2S/c1-6(8(9,10)11)13-16(14,15)7-3-2-4-12-5-7/h2-6,13H,1H3/t6-/m0/s1/i6D. The van der Waals surface area contributed by atoms with Gasteiger partial charge in [-0.3, -0.25) is 4.98 Å². The molecule has 1 N–H and O–H groups in total. The third kappa shape index (κ3) is 3.17. The number of alkyl halides is 3. The van der Waals surface area contributed by atoms with Gasteiger partial charge in [0.15, 0.2) is 0 Å². The topological polar surface area (TPSA) is 59.1 Å². The van der Waals surface area contributed by atoms with Gasteiger partial charge in [0.25, 0.3) is 0 Å². The van der Waals surface area contributed by atoms with E-state index in [-0.39, 0.29) is 0 Å². The fraction of sp³-hybridized carbons (Fsp3) is 0.375. The van der Waals surface area contributed by atoms with E-state index in [9.17, 15) is 21.6 Å². The second-order valence-corrected chi connectivity index (χ2v) is 4.60. The Bertz CT molecular complexity index is 487. The first-order valence-corrected chi connectivity index (χ1v) is 5.55. The summed E-state index contributed by atoms with van der Waals surface area (Å²) < 4.78 is 68.3. The molecule has 0 saturated carbocycles. The van der Waals surface area contributed by atoms with Gasteiger partial charge in [-0.25, -0.2) is 8.42 Å². The molecule has 1 aromatic heterocycles. The van der Waals surface area contributed by atoms with Crippen molar-refractivity contribution in [2.75, 3.05) is 0 Å². The highest BCUT2D eigenvalue weighted by molar-refractivity contribution is 7.89. The maximum Gasteiger partial charge on any atom is 0.404 e. The lowest BCUT2D eigenvalue weighted by molar-refractivity contribution is -0.147. The molecule has 0 saturated heterocycles. The number of hydrogen-bond donors (Lipinski definition) is 1. The van der Waals surface area contributed by atoms with Gasteiger partial charge < -0.3 is 0 Å². The van der Waals surface area contributed by atoms with Crippen molar-refractivity contribution in [1.29, 1.82) is 0 Å². The van der Waals surface area contributed by atoms with Gasteiger partial charge in [0, 0.05) is 12.4 Å². The number of aromatic nitrogens is 1. The molecule has 0 amide bonds. The van der Waals surface area contributed by atoms with Crippen LogP contribution in [0.5, 0.6) is 0 Å². The van der Waals surface area contributed by atoms with Crippen LogP contribution in [0.4, 0.5) is 13.2 Å². The molecule has 0 aliphatic carbocycles. The van der Waals surface area contributed by atoms with E-state index in [1.807, 2.05) is 0 Å². The van der Waals surface area contributed by atoms with Crippen molar-refractivity contribution >= 4 is 10.0 Å². The van der Waals surface area contributed by atoms with E-state index >= 15 is 0 Å². The zero-order valence-corrected chi connectivity index (χ0v) is 8.93. The first-order chi connectivity index (χ1) is 7.56. The predicted molar refractivity (Wildman–Crippen MR) is 50.1 cm³/mol. The van der Waals surface area contributed by atoms with Crippen LogP contribution in [0, 0.1) is 0 Å². The van der Waals surface area contributed by atoms with Crippen LogP contribution in [0.2, 0.25) is 0 Å². The molecule has 0 radical (unpaired) electrons. The largest absolute Gasteiger partial charge is 0.404 e.